The molecule has 0 amide bonds. The van der Waals surface area contributed by atoms with Gasteiger partial charge in [-0.15, -0.1) is 0 Å². The Morgan fingerprint density at radius 2 is 2.00 bits per heavy atom. The normalized spacial score (nSPS) is 23.5. The van der Waals surface area contributed by atoms with E-state index < -0.39 is 12.2 Å². The summed E-state index contributed by atoms with van der Waals surface area (Å²) < 4.78 is 44.6. The maximum absolute atomic E-state index is 13.2. The van der Waals surface area contributed by atoms with Gasteiger partial charge in [0.15, 0.2) is 5.96 Å². The van der Waals surface area contributed by atoms with Gasteiger partial charge >= 0.3 is 6.18 Å². The lowest BCUT2D eigenvalue weighted by Gasteiger charge is -2.35. The number of hydrogen-bond acceptors (Lipinski definition) is 3. The van der Waals surface area contributed by atoms with Crippen molar-refractivity contribution in [2.75, 3.05) is 39.9 Å². The second kappa shape index (κ2) is 6.62. The number of ether oxygens (including phenoxy) is 1. The van der Waals surface area contributed by atoms with Gasteiger partial charge in [0.1, 0.15) is 6.04 Å². The number of halogens is 3. The molecule has 5 nitrogen and oxygen atoms in total. The first-order valence-corrected chi connectivity index (χ1v) is 6.86. The van der Waals surface area contributed by atoms with E-state index in [2.05, 4.69) is 15.6 Å². The number of rotatable bonds is 4. The number of nitrogens with one attached hydrogen (secondary N) is 2. The van der Waals surface area contributed by atoms with Crippen LogP contribution in [0, 0.1) is 0 Å². The summed E-state index contributed by atoms with van der Waals surface area (Å²) in [5.74, 6) is 0.440. The highest BCUT2D eigenvalue weighted by Crippen LogP contribution is 2.25. The van der Waals surface area contributed by atoms with Crippen molar-refractivity contribution in [2.45, 2.75) is 31.1 Å². The van der Waals surface area contributed by atoms with Gasteiger partial charge in [-0.2, -0.15) is 13.2 Å². The quantitative estimate of drug-likeness (QED) is 0.588. The summed E-state index contributed by atoms with van der Waals surface area (Å²) in [6.45, 7) is 1.11. The van der Waals surface area contributed by atoms with Crippen molar-refractivity contribution in [3.05, 3.63) is 0 Å². The predicted molar refractivity (Wildman–Crippen MR) is 69.8 cm³/mol. The Labute approximate surface area is 116 Å². The minimum atomic E-state index is -4.26. The fraction of sp³-hybridized carbons (Fsp3) is 0.917. The van der Waals surface area contributed by atoms with Gasteiger partial charge in [0.05, 0.1) is 13.2 Å². The highest BCUT2D eigenvalue weighted by atomic mass is 19.4. The van der Waals surface area contributed by atoms with Crippen LogP contribution in [0.15, 0.2) is 4.99 Å². The molecule has 1 aliphatic carbocycles. The van der Waals surface area contributed by atoms with E-state index in [-0.39, 0.29) is 6.54 Å². The molecule has 1 saturated carbocycles. The van der Waals surface area contributed by atoms with E-state index in [1.807, 2.05) is 0 Å². The van der Waals surface area contributed by atoms with Crippen LogP contribution in [0.3, 0.4) is 0 Å². The van der Waals surface area contributed by atoms with Crippen molar-refractivity contribution in [1.82, 2.24) is 15.5 Å². The second-order valence-corrected chi connectivity index (χ2v) is 5.08. The Hall–Kier alpha value is -1.02. The minimum absolute atomic E-state index is 0.199. The topological polar surface area (TPSA) is 48.9 Å². The van der Waals surface area contributed by atoms with Crippen LogP contribution in [0.2, 0.25) is 0 Å². The van der Waals surface area contributed by atoms with Crippen molar-refractivity contribution < 1.29 is 17.9 Å². The molecule has 2 rings (SSSR count). The van der Waals surface area contributed by atoms with Crippen molar-refractivity contribution in [3.63, 3.8) is 0 Å². The summed E-state index contributed by atoms with van der Waals surface area (Å²) >= 11 is 0. The molecular formula is C12H21F3N4O. The molecule has 2 fully saturated rings. The molecule has 1 saturated heterocycles. The zero-order valence-corrected chi connectivity index (χ0v) is 11.5. The lowest BCUT2D eigenvalue weighted by atomic mass is 10.2. The highest BCUT2D eigenvalue weighted by molar-refractivity contribution is 5.80. The zero-order valence-electron chi connectivity index (χ0n) is 11.5. The summed E-state index contributed by atoms with van der Waals surface area (Å²) in [5.41, 5.74) is 0. The number of alkyl halides is 3. The fourth-order valence-electron chi connectivity index (χ4n) is 2.15. The van der Waals surface area contributed by atoms with Gasteiger partial charge in [-0.1, -0.05) is 0 Å². The zero-order chi connectivity index (χ0) is 14.6. The minimum Gasteiger partial charge on any atom is -0.379 e. The standard InChI is InChI=1S/C12H21F3N4O/c1-16-11(18-9-2-3-9)17-8-10(12(13,14)15)19-4-6-20-7-5-19/h9-10H,2-8H2,1H3,(H2,16,17,18). The lowest BCUT2D eigenvalue weighted by molar-refractivity contribution is -0.189. The van der Waals surface area contributed by atoms with E-state index in [9.17, 15) is 13.2 Å². The maximum Gasteiger partial charge on any atom is 0.405 e. The smallest absolute Gasteiger partial charge is 0.379 e. The number of guanidine groups is 1. The van der Waals surface area contributed by atoms with E-state index in [1.54, 1.807) is 7.05 Å². The van der Waals surface area contributed by atoms with Gasteiger partial charge in [0, 0.05) is 32.7 Å². The van der Waals surface area contributed by atoms with Gasteiger partial charge in [-0.25, -0.2) is 0 Å². The molecule has 1 heterocycles. The van der Waals surface area contributed by atoms with Crippen molar-refractivity contribution in [2.24, 2.45) is 4.99 Å². The molecule has 8 heteroatoms. The summed E-state index contributed by atoms with van der Waals surface area (Å²) in [5, 5.41) is 5.86. The van der Waals surface area contributed by atoms with E-state index in [0.29, 0.717) is 38.3 Å². The van der Waals surface area contributed by atoms with Crippen molar-refractivity contribution in [1.29, 1.82) is 0 Å². The predicted octanol–water partition coefficient (Wildman–Crippen LogP) is 0.577. The first-order valence-electron chi connectivity index (χ1n) is 6.86. The molecule has 0 spiro atoms. The number of nitrogens with zero attached hydrogens (tertiary/aromatic N) is 2. The van der Waals surface area contributed by atoms with E-state index in [4.69, 9.17) is 4.74 Å². The largest absolute Gasteiger partial charge is 0.405 e. The number of aliphatic imine (C=N–C) groups is 1. The summed E-state index contributed by atoms with van der Waals surface area (Å²) in [4.78, 5) is 5.37. The average Bonchev–Trinajstić information content (AvgIpc) is 3.21. The van der Waals surface area contributed by atoms with E-state index >= 15 is 0 Å². The molecule has 1 atom stereocenters. The Morgan fingerprint density at radius 3 is 2.50 bits per heavy atom. The SMILES string of the molecule is CN=C(NCC(N1CCOCC1)C(F)(F)F)NC1CC1. The fourth-order valence-corrected chi connectivity index (χ4v) is 2.15. The second-order valence-electron chi connectivity index (χ2n) is 5.08. The van der Waals surface area contributed by atoms with Gasteiger partial charge < -0.3 is 15.4 Å². The highest BCUT2D eigenvalue weighted by Gasteiger charge is 2.43. The molecule has 2 N–H and O–H groups in total. The summed E-state index contributed by atoms with van der Waals surface area (Å²) in [6, 6.07) is -1.15. The summed E-state index contributed by atoms with van der Waals surface area (Å²) in [7, 11) is 1.56. The van der Waals surface area contributed by atoms with Crippen molar-refractivity contribution in [3.8, 4) is 0 Å². The molecule has 116 valence electrons. The van der Waals surface area contributed by atoms with E-state index in [0.717, 1.165) is 12.8 Å². The first-order chi connectivity index (χ1) is 9.50. The Morgan fingerprint density at radius 1 is 1.35 bits per heavy atom. The molecule has 20 heavy (non-hydrogen) atoms. The maximum atomic E-state index is 13.2. The Bertz CT molecular complexity index is 338. The summed E-state index contributed by atoms with van der Waals surface area (Å²) in [6.07, 6.45) is -2.16. The van der Waals surface area contributed by atoms with Gasteiger partial charge in [0.2, 0.25) is 0 Å². The molecule has 0 bridgehead atoms. The van der Waals surface area contributed by atoms with Crippen LogP contribution in [0.25, 0.3) is 0 Å². The molecule has 0 aromatic heterocycles. The van der Waals surface area contributed by atoms with Crippen molar-refractivity contribution >= 4 is 5.96 Å². The molecule has 1 unspecified atom stereocenters. The molecule has 0 aromatic rings. The third-order valence-corrected chi connectivity index (χ3v) is 3.47. The van der Waals surface area contributed by atoms with Crippen LogP contribution >= 0.6 is 0 Å². The van der Waals surface area contributed by atoms with Gasteiger partial charge in [-0.05, 0) is 12.8 Å². The molecule has 0 radical (unpaired) electrons. The van der Waals surface area contributed by atoms with Gasteiger partial charge in [-0.3, -0.25) is 9.89 Å². The van der Waals surface area contributed by atoms with Crippen LogP contribution < -0.4 is 10.6 Å². The lowest BCUT2D eigenvalue weighted by Crippen LogP contribution is -2.56. The number of morpholine rings is 1. The third-order valence-electron chi connectivity index (χ3n) is 3.47. The molecule has 1 aliphatic heterocycles. The Balaban J connectivity index is 1.89. The van der Waals surface area contributed by atoms with Crippen LogP contribution in [-0.4, -0.2) is 69.0 Å². The van der Waals surface area contributed by atoms with Crippen LogP contribution in [0.5, 0.6) is 0 Å². The van der Waals surface area contributed by atoms with Crippen LogP contribution in [-0.2, 0) is 4.74 Å². The van der Waals surface area contributed by atoms with Crippen LogP contribution in [0.1, 0.15) is 12.8 Å². The third kappa shape index (κ3) is 4.52. The first kappa shape index (κ1) is 15.4. The van der Waals surface area contributed by atoms with Gasteiger partial charge in [0.25, 0.3) is 0 Å². The molecule has 2 aliphatic rings. The average molecular weight is 294 g/mol. The number of hydrogen-bond donors (Lipinski definition) is 2. The Kier molecular flexibility index (Phi) is 5.09. The van der Waals surface area contributed by atoms with E-state index in [1.165, 1.54) is 4.90 Å². The monoisotopic (exact) mass is 294 g/mol. The molecular weight excluding hydrogens is 273 g/mol. The molecule has 0 aromatic carbocycles. The van der Waals surface area contributed by atoms with Crippen LogP contribution in [0.4, 0.5) is 13.2 Å².